The number of carboxylic acid groups (broad SMARTS) is 1. The Labute approximate surface area is 198 Å². The molecule has 1 amide bonds. The summed E-state index contributed by atoms with van der Waals surface area (Å²) >= 11 is 3.64. The van der Waals surface area contributed by atoms with Gasteiger partial charge in [-0.15, -0.1) is 0 Å². The summed E-state index contributed by atoms with van der Waals surface area (Å²) in [5.41, 5.74) is 1.16. The Kier molecular flexibility index (Phi) is 6.40. The van der Waals surface area contributed by atoms with Gasteiger partial charge >= 0.3 is 12.1 Å². The Morgan fingerprint density at radius 1 is 1.12 bits per heavy atom. The predicted molar refractivity (Wildman–Crippen MR) is 122 cm³/mol. The minimum Gasteiger partial charge on any atom is -0.481 e. The first-order valence-electron chi connectivity index (χ1n) is 10.7. The first kappa shape index (κ1) is 23.5. The van der Waals surface area contributed by atoms with Crippen LogP contribution in [0.25, 0.3) is 6.08 Å². The molecule has 4 rings (SSSR count). The van der Waals surface area contributed by atoms with Crippen LogP contribution in [0.15, 0.2) is 53.0 Å². The molecule has 1 unspecified atom stereocenters. The van der Waals surface area contributed by atoms with Crippen LogP contribution in [0.3, 0.4) is 0 Å². The number of carboxylic acids is 1. The molecular formula is C25H23BrF3NO3. The summed E-state index contributed by atoms with van der Waals surface area (Å²) in [7, 11) is 0. The van der Waals surface area contributed by atoms with E-state index in [1.807, 2.05) is 18.2 Å². The fourth-order valence-electron chi connectivity index (χ4n) is 5.29. The number of aliphatic carboxylic acids is 1. The van der Waals surface area contributed by atoms with Crippen LogP contribution in [0, 0.1) is 0 Å². The average Bonchev–Trinajstić information content (AvgIpc) is 3.05. The molecule has 2 aromatic carbocycles. The predicted octanol–water partition coefficient (Wildman–Crippen LogP) is 6.00. The van der Waals surface area contributed by atoms with Crippen molar-refractivity contribution in [3.63, 3.8) is 0 Å². The number of piperidine rings is 1. The molecule has 33 heavy (non-hydrogen) atoms. The maximum Gasteiger partial charge on any atom is 0.416 e. The van der Waals surface area contributed by atoms with Crippen LogP contribution >= 0.6 is 15.9 Å². The molecule has 174 valence electrons. The molecule has 4 nitrogen and oxygen atoms in total. The van der Waals surface area contributed by atoms with Crippen molar-refractivity contribution in [1.82, 2.24) is 4.90 Å². The van der Waals surface area contributed by atoms with Crippen LogP contribution in [0.2, 0.25) is 0 Å². The standard InChI is InChI=1S/C25H23BrF3NO3/c26-20-7-3-5-18-17(14-22(32)33)15-24(23(18)20)10-12-30(13-11-24)21(31)9-8-16-4-1-2-6-19(16)25(27,28)29/h1-9,17H,10-15H2,(H,32,33)/b9-8+. The van der Waals surface area contributed by atoms with E-state index in [4.69, 9.17) is 0 Å². The zero-order valence-electron chi connectivity index (χ0n) is 17.7. The van der Waals surface area contributed by atoms with Gasteiger partial charge in [0, 0.05) is 29.1 Å². The van der Waals surface area contributed by atoms with Crippen LogP contribution in [0.5, 0.6) is 0 Å². The number of carbonyl (C=O) groups excluding carboxylic acids is 1. The lowest BCUT2D eigenvalue weighted by Gasteiger charge is -2.40. The van der Waals surface area contributed by atoms with Crippen LogP contribution in [0.4, 0.5) is 13.2 Å². The van der Waals surface area contributed by atoms with E-state index in [9.17, 15) is 27.9 Å². The largest absolute Gasteiger partial charge is 0.481 e. The van der Waals surface area contributed by atoms with E-state index in [1.165, 1.54) is 30.4 Å². The molecule has 1 fully saturated rings. The van der Waals surface area contributed by atoms with E-state index in [1.54, 1.807) is 4.90 Å². The summed E-state index contributed by atoms with van der Waals surface area (Å²) in [6, 6.07) is 11.0. The van der Waals surface area contributed by atoms with Gasteiger partial charge in [0.05, 0.1) is 12.0 Å². The monoisotopic (exact) mass is 521 g/mol. The SMILES string of the molecule is O=C(O)CC1CC2(CCN(C(=O)/C=C/c3ccccc3C(F)(F)F)CC2)c2c(Br)cccc21. The first-order valence-corrected chi connectivity index (χ1v) is 11.5. The summed E-state index contributed by atoms with van der Waals surface area (Å²) in [5, 5.41) is 9.35. The molecule has 1 heterocycles. The quantitative estimate of drug-likeness (QED) is 0.501. The Hall–Kier alpha value is -2.61. The van der Waals surface area contributed by atoms with E-state index < -0.39 is 17.7 Å². The van der Waals surface area contributed by atoms with Gasteiger partial charge in [-0.3, -0.25) is 9.59 Å². The number of halogens is 4. The fraction of sp³-hybridized carbons (Fsp3) is 0.360. The summed E-state index contributed by atoms with van der Waals surface area (Å²) in [6.07, 6.45) is 0.0730. The average molecular weight is 522 g/mol. The molecule has 8 heteroatoms. The van der Waals surface area contributed by atoms with Gasteiger partial charge in [0.2, 0.25) is 5.91 Å². The number of alkyl halides is 3. The number of likely N-dealkylation sites (tertiary alicyclic amines) is 1. The van der Waals surface area contributed by atoms with E-state index in [0.29, 0.717) is 32.4 Å². The highest BCUT2D eigenvalue weighted by Crippen LogP contribution is 2.55. The zero-order chi connectivity index (χ0) is 23.8. The lowest BCUT2D eigenvalue weighted by Crippen LogP contribution is -2.44. The molecule has 1 saturated heterocycles. The Morgan fingerprint density at radius 2 is 1.82 bits per heavy atom. The second-order valence-electron chi connectivity index (χ2n) is 8.73. The molecule has 1 aliphatic carbocycles. The van der Waals surface area contributed by atoms with Crippen molar-refractivity contribution in [2.24, 2.45) is 0 Å². The van der Waals surface area contributed by atoms with Crippen molar-refractivity contribution < 1.29 is 27.9 Å². The molecule has 0 radical (unpaired) electrons. The van der Waals surface area contributed by atoms with E-state index in [-0.39, 0.29) is 29.2 Å². The van der Waals surface area contributed by atoms with Gasteiger partial charge < -0.3 is 10.0 Å². The van der Waals surface area contributed by atoms with Crippen molar-refractivity contribution >= 4 is 33.9 Å². The smallest absolute Gasteiger partial charge is 0.416 e. The van der Waals surface area contributed by atoms with Crippen molar-refractivity contribution in [1.29, 1.82) is 0 Å². The van der Waals surface area contributed by atoms with Crippen molar-refractivity contribution in [3.8, 4) is 0 Å². The lowest BCUT2D eigenvalue weighted by molar-refractivity contribution is -0.138. The number of hydrogen-bond donors (Lipinski definition) is 1. The number of carbonyl (C=O) groups is 2. The minimum absolute atomic E-state index is 0.0445. The van der Waals surface area contributed by atoms with Crippen LogP contribution in [0.1, 0.15) is 53.9 Å². The third kappa shape index (κ3) is 4.71. The zero-order valence-corrected chi connectivity index (χ0v) is 19.3. The van der Waals surface area contributed by atoms with E-state index in [2.05, 4.69) is 15.9 Å². The second-order valence-corrected chi connectivity index (χ2v) is 9.58. The molecule has 0 saturated carbocycles. The molecule has 0 bridgehead atoms. The first-order chi connectivity index (χ1) is 15.6. The number of benzene rings is 2. The third-order valence-electron chi connectivity index (χ3n) is 6.78. The fourth-order valence-corrected chi connectivity index (χ4v) is 6.10. The summed E-state index contributed by atoms with van der Waals surface area (Å²) in [6.45, 7) is 0.926. The van der Waals surface area contributed by atoms with Gasteiger partial charge in [-0.1, -0.05) is 46.3 Å². The highest BCUT2D eigenvalue weighted by Gasteiger charge is 2.47. The maximum atomic E-state index is 13.2. The van der Waals surface area contributed by atoms with E-state index in [0.717, 1.165) is 21.7 Å². The molecule has 1 spiro atoms. The molecule has 1 aliphatic heterocycles. The van der Waals surface area contributed by atoms with Crippen LogP contribution in [-0.4, -0.2) is 35.0 Å². The molecule has 1 N–H and O–H groups in total. The highest BCUT2D eigenvalue weighted by atomic mass is 79.9. The van der Waals surface area contributed by atoms with Gasteiger partial charge in [-0.2, -0.15) is 13.2 Å². The molecule has 2 aromatic rings. The normalized spacial score (nSPS) is 19.8. The highest BCUT2D eigenvalue weighted by molar-refractivity contribution is 9.10. The van der Waals surface area contributed by atoms with Gasteiger partial charge in [0.15, 0.2) is 0 Å². The van der Waals surface area contributed by atoms with Crippen molar-refractivity contribution in [2.75, 3.05) is 13.1 Å². The Balaban J connectivity index is 1.49. The molecule has 0 aromatic heterocycles. The van der Waals surface area contributed by atoms with E-state index >= 15 is 0 Å². The van der Waals surface area contributed by atoms with Gasteiger partial charge in [0.1, 0.15) is 0 Å². The number of rotatable bonds is 4. The Morgan fingerprint density at radius 3 is 2.48 bits per heavy atom. The summed E-state index contributed by atoms with van der Waals surface area (Å²) in [4.78, 5) is 25.8. The minimum atomic E-state index is -4.49. The number of nitrogens with zero attached hydrogens (tertiary/aromatic N) is 1. The third-order valence-corrected chi connectivity index (χ3v) is 7.44. The summed E-state index contributed by atoms with van der Waals surface area (Å²) < 4.78 is 40.5. The van der Waals surface area contributed by atoms with Gasteiger partial charge in [-0.25, -0.2) is 0 Å². The second kappa shape index (κ2) is 8.97. The number of hydrogen-bond acceptors (Lipinski definition) is 2. The van der Waals surface area contributed by atoms with Crippen LogP contribution in [-0.2, 0) is 21.2 Å². The number of amides is 1. The van der Waals surface area contributed by atoms with Crippen LogP contribution < -0.4 is 0 Å². The van der Waals surface area contributed by atoms with Gasteiger partial charge in [0.25, 0.3) is 0 Å². The molecular weight excluding hydrogens is 499 g/mol. The topological polar surface area (TPSA) is 57.6 Å². The Bertz CT molecular complexity index is 1100. The van der Waals surface area contributed by atoms with Gasteiger partial charge in [-0.05, 0) is 60.1 Å². The number of fused-ring (bicyclic) bond motifs is 2. The lowest BCUT2D eigenvalue weighted by atomic mass is 9.73. The van der Waals surface area contributed by atoms with Crippen molar-refractivity contribution in [3.05, 3.63) is 75.3 Å². The summed E-state index contributed by atoms with van der Waals surface area (Å²) in [5.74, 6) is -1.23. The molecule has 2 aliphatic rings. The maximum absolute atomic E-state index is 13.2. The van der Waals surface area contributed by atoms with Crippen molar-refractivity contribution in [2.45, 2.75) is 43.2 Å². The molecule has 1 atom stereocenters.